The molecule has 0 fully saturated rings. The Bertz CT molecular complexity index is 858. The van der Waals surface area contributed by atoms with Crippen LogP contribution in [0.15, 0.2) is 53.3 Å². The number of aryl methyl sites for hydroxylation is 1. The Morgan fingerprint density at radius 2 is 1.86 bits per heavy atom. The molecule has 0 aliphatic heterocycles. The molecule has 0 unspecified atom stereocenters. The second-order valence-electron chi connectivity index (χ2n) is 4.93. The number of para-hydroxylation sites is 1. The molecule has 0 amide bonds. The number of aromatic nitrogens is 2. The summed E-state index contributed by atoms with van der Waals surface area (Å²) in [5, 5.41) is 1.27. The minimum atomic E-state index is -0.104. The van der Waals surface area contributed by atoms with E-state index in [9.17, 15) is 4.79 Å². The molecule has 0 spiro atoms. The summed E-state index contributed by atoms with van der Waals surface area (Å²) in [5.74, 6) is 5.87. The zero-order valence-electron chi connectivity index (χ0n) is 11.8. The van der Waals surface area contributed by atoms with Gasteiger partial charge in [-0.1, -0.05) is 35.9 Å². The molecule has 0 bridgehead atoms. The molecule has 0 atom stereocenters. The summed E-state index contributed by atoms with van der Waals surface area (Å²) in [5.41, 5.74) is 4.12. The maximum Gasteiger partial charge on any atom is 0.262 e. The van der Waals surface area contributed by atoms with Crippen LogP contribution >= 0.6 is 11.6 Å². The van der Waals surface area contributed by atoms with Crippen LogP contribution in [0.3, 0.4) is 0 Å². The Balaban J connectivity index is 1.97. The van der Waals surface area contributed by atoms with Gasteiger partial charge in [-0.2, -0.15) is 0 Å². The van der Waals surface area contributed by atoms with E-state index in [4.69, 9.17) is 17.4 Å². The van der Waals surface area contributed by atoms with Crippen molar-refractivity contribution in [3.05, 3.63) is 69.5 Å². The van der Waals surface area contributed by atoms with Gasteiger partial charge >= 0.3 is 0 Å². The van der Waals surface area contributed by atoms with E-state index in [0.29, 0.717) is 34.8 Å². The molecule has 1 heterocycles. The average Bonchev–Trinajstić information content (AvgIpc) is 2.55. The molecule has 0 radical (unpaired) electrons. The summed E-state index contributed by atoms with van der Waals surface area (Å²) in [7, 11) is 0. The Labute approximate surface area is 132 Å². The van der Waals surface area contributed by atoms with Crippen LogP contribution in [0.5, 0.6) is 0 Å². The van der Waals surface area contributed by atoms with Crippen molar-refractivity contribution in [2.45, 2.75) is 13.0 Å². The number of hydrogen-bond donors (Lipinski definition) is 2. The van der Waals surface area contributed by atoms with Gasteiger partial charge in [0, 0.05) is 11.6 Å². The number of rotatable bonds is 4. The first kappa shape index (κ1) is 14.6. The van der Waals surface area contributed by atoms with E-state index in [2.05, 4.69) is 10.4 Å². The van der Waals surface area contributed by atoms with Crippen molar-refractivity contribution in [3.8, 4) is 0 Å². The fourth-order valence-corrected chi connectivity index (χ4v) is 2.50. The molecule has 0 aliphatic rings. The van der Waals surface area contributed by atoms with Crippen molar-refractivity contribution < 1.29 is 0 Å². The topological polar surface area (TPSA) is 72.9 Å². The molecule has 22 heavy (non-hydrogen) atoms. The quantitative estimate of drug-likeness (QED) is 0.573. The third kappa shape index (κ3) is 2.81. The number of benzene rings is 2. The van der Waals surface area contributed by atoms with Crippen LogP contribution in [0.1, 0.15) is 5.56 Å². The zero-order chi connectivity index (χ0) is 15.5. The van der Waals surface area contributed by atoms with E-state index >= 15 is 0 Å². The third-order valence-corrected chi connectivity index (χ3v) is 3.78. The first-order chi connectivity index (χ1) is 10.7. The van der Waals surface area contributed by atoms with E-state index in [1.54, 1.807) is 16.7 Å². The number of nitrogens with two attached hydrogens (primary N) is 1. The maximum atomic E-state index is 12.6. The number of anilines is 1. The van der Waals surface area contributed by atoms with Gasteiger partial charge in [-0.05, 0) is 36.2 Å². The lowest BCUT2D eigenvalue weighted by Gasteiger charge is -2.12. The lowest BCUT2D eigenvalue weighted by Crippen LogP contribution is -2.28. The SMILES string of the molecule is NNc1nc2ccccc2c(=O)n1CCc1ccc(Cl)cc1. The summed E-state index contributed by atoms with van der Waals surface area (Å²) < 4.78 is 1.55. The van der Waals surface area contributed by atoms with Crippen LogP contribution < -0.4 is 16.8 Å². The first-order valence-electron chi connectivity index (χ1n) is 6.89. The molecular weight excluding hydrogens is 300 g/mol. The predicted molar refractivity (Wildman–Crippen MR) is 89.0 cm³/mol. The van der Waals surface area contributed by atoms with Crippen LogP contribution in [0, 0.1) is 0 Å². The summed E-state index contributed by atoms with van der Waals surface area (Å²) >= 11 is 5.88. The van der Waals surface area contributed by atoms with Gasteiger partial charge in [0.25, 0.3) is 5.56 Å². The molecule has 3 N–H and O–H groups in total. The van der Waals surface area contributed by atoms with Gasteiger partial charge in [-0.25, -0.2) is 10.8 Å². The van der Waals surface area contributed by atoms with Crippen LogP contribution in [-0.2, 0) is 13.0 Å². The van der Waals surface area contributed by atoms with Crippen molar-refractivity contribution >= 4 is 28.5 Å². The highest BCUT2D eigenvalue weighted by atomic mass is 35.5. The summed E-state index contributed by atoms with van der Waals surface area (Å²) in [6, 6.07) is 14.8. The van der Waals surface area contributed by atoms with Gasteiger partial charge in [0.15, 0.2) is 0 Å². The molecular formula is C16H15ClN4O. The highest BCUT2D eigenvalue weighted by Gasteiger charge is 2.09. The van der Waals surface area contributed by atoms with Gasteiger partial charge in [0.05, 0.1) is 10.9 Å². The predicted octanol–water partition coefficient (Wildman–Crippen LogP) is 2.58. The van der Waals surface area contributed by atoms with Crippen molar-refractivity contribution in [1.82, 2.24) is 9.55 Å². The van der Waals surface area contributed by atoms with E-state index in [1.165, 1.54) is 0 Å². The second kappa shape index (κ2) is 6.17. The summed E-state index contributed by atoms with van der Waals surface area (Å²) in [4.78, 5) is 17.0. The average molecular weight is 315 g/mol. The maximum absolute atomic E-state index is 12.6. The lowest BCUT2D eigenvalue weighted by atomic mass is 10.1. The molecule has 3 rings (SSSR count). The lowest BCUT2D eigenvalue weighted by molar-refractivity contribution is 0.669. The molecule has 5 nitrogen and oxygen atoms in total. The minimum Gasteiger partial charge on any atom is -0.294 e. The zero-order valence-corrected chi connectivity index (χ0v) is 12.5. The minimum absolute atomic E-state index is 0.104. The van der Waals surface area contributed by atoms with E-state index in [-0.39, 0.29) is 5.56 Å². The van der Waals surface area contributed by atoms with Crippen molar-refractivity contribution in [2.75, 3.05) is 5.43 Å². The fourth-order valence-electron chi connectivity index (χ4n) is 2.38. The van der Waals surface area contributed by atoms with Crippen LogP contribution in [0.4, 0.5) is 5.95 Å². The Kier molecular flexibility index (Phi) is 4.09. The number of nitrogen functional groups attached to an aromatic ring is 1. The van der Waals surface area contributed by atoms with Crippen LogP contribution in [-0.4, -0.2) is 9.55 Å². The molecule has 0 saturated carbocycles. The van der Waals surface area contributed by atoms with E-state index in [1.807, 2.05) is 36.4 Å². The number of halogens is 1. The largest absolute Gasteiger partial charge is 0.294 e. The van der Waals surface area contributed by atoms with Gasteiger partial charge in [-0.15, -0.1) is 0 Å². The number of nitrogens with one attached hydrogen (secondary N) is 1. The van der Waals surface area contributed by atoms with Gasteiger partial charge < -0.3 is 0 Å². The molecule has 112 valence electrons. The number of nitrogens with zero attached hydrogens (tertiary/aromatic N) is 2. The first-order valence-corrected chi connectivity index (χ1v) is 7.27. The smallest absolute Gasteiger partial charge is 0.262 e. The fraction of sp³-hybridized carbons (Fsp3) is 0.125. The molecule has 3 aromatic rings. The number of hydrogen-bond acceptors (Lipinski definition) is 4. The third-order valence-electron chi connectivity index (χ3n) is 3.53. The number of hydrazine groups is 1. The van der Waals surface area contributed by atoms with Crippen LogP contribution in [0.2, 0.25) is 5.02 Å². The highest BCUT2D eigenvalue weighted by Crippen LogP contribution is 2.13. The van der Waals surface area contributed by atoms with Crippen LogP contribution in [0.25, 0.3) is 10.9 Å². The second-order valence-corrected chi connectivity index (χ2v) is 5.37. The van der Waals surface area contributed by atoms with E-state index < -0.39 is 0 Å². The van der Waals surface area contributed by atoms with Crippen molar-refractivity contribution in [1.29, 1.82) is 0 Å². The molecule has 0 aliphatic carbocycles. The molecule has 0 saturated heterocycles. The number of fused-ring (bicyclic) bond motifs is 1. The van der Waals surface area contributed by atoms with Gasteiger partial charge in [-0.3, -0.25) is 14.8 Å². The highest BCUT2D eigenvalue weighted by molar-refractivity contribution is 6.30. The van der Waals surface area contributed by atoms with Gasteiger partial charge in [0.1, 0.15) is 0 Å². The van der Waals surface area contributed by atoms with E-state index in [0.717, 1.165) is 5.56 Å². The molecule has 1 aromatic heterocycles. The standard InChI is InChI=1S/C16H15ClN4O/c17-12-7-5-11(6-8-12)9-10-21-15(22)13-3-1-2-4-14(13)19-16(21)20-18/h1-8H,9-10,18H2,(H,19,20). The van der Waals surface area contributed by atoms with Crippen molar-refractivity contribution in [3.63, 3.8) is 0 Å². The Morgan fingerprint density at radius 3 is 2.59 bits per heavy atom. The van der Waals surface area contributed by atoms with Gasteiger partial charge in [0.2, 0.25) is 5.95 Å². The monoisotopic (exact) mass is 314 g/mol. The van der Waals surface area contributed by atoms with Crippen molar-refractivity contribution in [2.24, 2.45) is 5.84 Å². The molecule has 6 heteroatoms. The molecule has 2 aromatic carbocycles. The Morgan fingerprint density at radius 1 is 1.14 bits per heavy atom. The Hall–Kier alpha value is -2.37. The summed E-state index contributed by atoms with van der Waals surface area (Å²) in [6.07, 6.45) is 0.686. The summed E-state index contributed by atoms with van der Waals surface area (Å²) in [6.45, 7) is 0.484. The normalized spacial score (nSPS) is 10.8.